The summed E-state index contributed by atoms with van der Waals surface area (Å²) in [5, 5.41) is 10.8. The molecule has 0 aliphatic carbocycles. The maximum Gasteiger partial charge on any atom is 0.573 e. The van der Waals surface area contributed by atoms with Gasteiger partial charge < -0.3 is 4.74 Å². The zero-order valence-electron chi connectivity index (χ0n) is 9.40. The third kappa shape index (κ3) is 4.19. The third-order valence-electron chi connectivity index (χ3n) is 2.06. The van der Waals surface area contributed by atoms with E-state index in [1.807, 2.05) is 0 Å². The van der Waals surface area contributed by atoms with Gasteiger partial charge in [0, 0.05) is 0 Å². The average molecular weight is 342 g/mol. The lowest BCUT2D eigenvalue weighted by Crippen LogP contribution is -2.17. The van der Waals surface area contributed by atoms with E-state index < -0.39 is 33.3 Å². The first kappa shape index (κ1) is 15.4. The van der Waals surface area contributed by atoms with Gasteiger partial charge in [0.15, 0.2) is 0 Å². The number of ketones is 1. The molecular weight excluding hydrogens is 335 g/mol. The number of ether oxygens (including phenoxy) is 1. The van der Waals surface area contributed by atoms with Crippen LogP contribution in [0.1, 0.15) is 17.3 Å². The molecule has 1 unspecified atom stereocenters. The van der Waals surface area contributed by atoms with Gasteiger partial charge in [0.1, 0.15) is 16.4 Å². The van der Waals surface area contributed by atoms with E-state index in [0.29, 0.717) is 6.07 Å². The van der Waals surface area contributed by atoms with Gasteiger partial charge in [0.25, 0.3) is 5.69 Å². The van der Waals surface area contributed by atoms with E-state index in [1.165, 1.54) is 6.92 Å². The largest absolute Gasteiger partial charge is 0.573 e. The molecule has 0 fully saturated rings. The topological polar surface area (TPSA) is 69.4 Å². The lowest BCUT2D eigenvalue weighted by atomic mass is 10.1. The number of rotatable bonds is 4. The van der Waals surface area contributed by atoms with Crippen LogP contribution in [0, 0.1) is 10.1 Å². The van der Waals surface area contributed by atoms with Crippen LogP contribution in [0.3, 0.4) is 0 Å². The molecule has 1 atom stereocenters. The highest BCUT2D eigenvalue weighted by molar-refractivity contribution is 9.09. The first-order valence-corrected chi connectivity index (χ1v) is 5.72. The summed E-state index contributed by atoms with van der Waals surface area (Å²) in [6.07, 6.45) is -4.94. The minimum atomic E-state index is -4.94. The van der Waals surface area contributed by atoms with Crippen LogP contribution in [0.2, 0.25) is 0 Å². The summed E-state index contributed by atoms with van der Waals surface area (Å²) in [5.41, 5.74) is -0.661. The normalized spacial score (nSPS) is 12.9. The monoisotopic (exact) mass is 341 g/mol. The second-order valence-electron chi connectivity index (χ2n) is 3.50. The van der Waals surface area contributed by atoms with E-state index in [2.05, 4.69) is 20.7 Å². The highest BCUT2D eigenvalue weighted by Crippen LogP contribution is 2.35. The van der Waals surface area contributed by atoms with Gasteiger partial charge in [0.05, 0.1) is 16.6 Å². The predicted octanol–water partition coefficient (Wildman–Crippen LogP) is 3.52. The fraction of sp³-hybridized carbons (Fsp3) is 0.300. The molecule has 5 nitrogen and oxygen atoms in total. The van der Waals surface area contributed by atoms with Crippen molar-refractivity contribution in [1.82, 2.24) is 0 Å². The van der Waals surface area contributed by atoms with E-state index in [9.17, 15) is 28.1 Å². The molecule has 0 heterocycles. The number of Topliss-reactive ketones (excluding diaryl/α,β-unsaturated/α-hetero) is 1. The molecule has 0 aromatic heterocycles. The van der Waals surface area contributed by atoms with Gasteiger partial charge >= 0.3 is 6.36 Å². The molecule has 0 aliphatic rings. The van der Waals surface area contributed by atoms with Crippen molar-refractivity contribution in [2.75, 3.05) is 0 Å². The Bertz CT molecular complexity index is 518. The van der Waals surface area contributed by atoms with Crippen molar-refractivity contribution in [3.8, 4) is 5.75 Å². The summed E-state index contributed by atoms with van der Waals surface area (Å²) in [4.78, 5) is 20.1. The molecular formula is C10H7BrF3NO4. The quantitative estimate of drug-likeness (QED) is 0.477. The van der Waals surface area contributed by atoms with Crippen molar-refractivity contribution in [3.63, 3.8) is 0 Å². The van der Waals surface area contributed by atoms with E-state index in [-0.39, 0.29) is 5.56 Å². The van der Waals surface area contributed by atoms with Crippen LogP contribution in [0.4, 0.5) is 18.9 Å². The molecule has 0 spiro atoms. The summed E-state index contributed by atoms with van der Waals surface area (Å²) in [5.74, 6) is -1.13. The Morgan fingerprint density at radius 2 is 2.05 bits per heavy atom. The first-order valence-electron chi connectivity index (χ1n) is 4.80. The summed E-state index contributed by atoms with van der Waals surface area (Å²) in [6, 6.07) is 2.58. The molecule has 104 valence electrons. The number of halogens is 4. The fourth-order valence-corrected chi connectivity index (χ4v) is 1.70. The molecule has 9 heteroatoms. The summed E-state index contributed by atoms with van der Waals surface area (Å²) in [6.45, 7) is 1.20. The number of carbonyl (C=O) groups is 1. The molecule has 0 saturated carbocycles. The minimum Gasteiger partial charge on any atom is -0.406 e. The Morgan fingerprint density at radius 3 is 2.47 bits per heavy atom. The summed E-state index contributed by atoms with van der Waals surface area (Å²) < 4.78 is 39.6. The number of nitro benzene ring substituents is 1. The SMILES string of the molecule is CC(=O)C(Br)c1ccc(OC(F)(F)F)cc1[N+](=O)[O-]. The summed E-state index contributed by atoms with van der Waals surface area (Å²) >= 11 is 2.94. The molecule has 1 rings (SSSR count). The summed E-state index contributed by atoms with van der Waals surface area (Å²) in [7, 11) is 0. The van der Waals surface area contributed by atoms with Crippen molar-refractivity contribution >= 4 is 27.4 Å². The van der Waals surface area contributed by atoms with Gasteiger partial charge in [-0.1, -0.05) is 15.9 Å². The molecule has 0 saturated heterocycles. The van der Waals surface area contributed by atoms with Crippen LogP contribution >= 0.6 is 15.9 Å². The number of alkyl halides is 4. The fourth-order valence-electron chi connectivity index (χ4n) is 1.31. The second-order valence-corrected chi connectivity index (χ2v) is 4.41. The van der Waals surface area contributed by atoms with Gasteiger partial charge in [-0.3, -0.25) is 14.9 Å². The van der Waals surface area contributed by atoms with Crippen LogP contribution in [-0.4, -0.2) is 17.1 Å². The molecule has 1 aromatic carbocycles. The lowest BCUT2D eigenvalue weighted by molar-refractivity contribution is -0.385. The predicted molar refractivity (Wildman–Crippen MR) is 62.1 cm³/mol. The standard InChI is InChI=1S/C10H7BrF3NO4/c1-5(16)9(11)7-3-2-6(19-10(12,13)14)4-8(7)15(17)18/h2-4,9H,1H3. The average Bonchev–Trinajstić information content (AvgIpc) is 2.25. The van der Waals surface area contributed by atoms with Crippen molar-refractivity contribution in [2.45, 2.75) is 18.1 Å². The van der Waals surface area contributed by atoms with Crippen LogP contribution in [0.25, 0.3) is 0 Å². The van der Waals surface area contributed by atoms with E-state index in [1.54, 1.807) is 0 Å². The van der Waals surface area contributed by atoms with Gasteiger partial charge in [0.2, 0.25) is 0 Å². The molecule has 0 aliphatic heterocycles. The molecule has 0 radical (unpaired) electrons. The van der Waals surface area contributed by atoms with Crippen molar-refractivity contribution in [2.24, 2.45) is 0 Å². The molecule has 0 bridgehead atoms. The van der Waals surface area contributed by atoms with Crippen molar-refractivity contribution < 1.29 is 27.6 Å². The van der Waals surface area contributed by atoms with E-state index in [0.717, 1.165) is 12.1 Å². The number of nitro groups is 1. The Morgan fingerprint density at radius 1 is 1.47 bits per heavy atom. The number of hydrogen-bond acceptors (Lipinski definition) is 4. The van der Waals surface area contributed by atoms with Gasteiger partial charge in [-0.2, -0.15) is 0 Å². The Labute approximate surface area is 113 Å². The van der Waals surface area contributed by atoms with Crippen LogP contribution < -0.4 is 4.74 Å². The van der Waals surface area contributed by atoms with Gasteiger partial charge in [-0.25, -0.2) is 0 Å². The third-order valence-corrected chi connectivity index (χ3v) is 3.20. The molecule has 19 heavy (non-hydrogen) atoms. The highest BCUT2D eigenvalue weighted by Gasteiger charge is 2.32. The van der Waals surface area contributed by atoms with E-state index >= 15 is 0 Å². The number of hydrogen-bond donors (Lipinski definition) is 0. The zero-order valence-corrected chi connectivity index (χ0v) is 11.0. The number of nitrogens with zero attached hydrogens (tertiary/aromatic N) is 1. The molecule has 1 aromatic rings. The highest BCUT2D eigenvalue weighted by atomic mass is 79.9. The number of benzene rings is 1. The minimum absolute atomic E-state index is 0.0352. The van der Waals surface area contributed by atoms with Crippen LogP contribution in [0.15, 0.2) is 18.2 Å². The van der Waals surface area contributed by atoms with Crippen LogP contribution in [0.5, 0.6) is 5.75 Å². The van der Waals surface area contributed by atoms with Crippen molar-refractivity contribution in [3.05, 3.63) is 33.9 Å². The maximum absolute atomic E-state index is 12.0. The lowest BCUT2D eigenvalue weighted by Gasteiger charge is -2.11. The zero-order chi connectivity index (χ0) is 14.8. The number of carbonyl (C=O) groups excluding carboxylic acids is 1. The van der Waals surface area contributed by atoms with Gasteiger partial charge in [-0.05, 0) is 19.1 Å². The van der Waals surface area contributed by atoms with E-state index in [4.69, 9.17) is 0 Å². The van der Waals surface area contributed by atoms with Crippen LogP contribution in [-0.2, 0) is 4.79 Å². The smallest absolute Gasteiger partial charge is 0.406 e. The molecule has 0 amide bonds. The Balaban J connectivity index is 3.23. The second kappa shape index (κ2) is 5.55. The first-order chi connectivity index (χ1) is 8.61. The van der Waals surface area contributed by atoms with Crippen molar-refractivity contribution in [1.29, 1.82) is 0 Å². The molecule has 0 N–H and O–H groups in total. The Kier molecular flexibility index (Phi) is 4.51. The Hall–Kier alpha value is -1.64. The van der Waals surface area contributed by atoms with Gasteiger partial charge in [-0.15, -0.1) is 13.2 Å². The maximum atomic E-state index is 12.0.